The summed E-state index contributed by atoms with van der Waals surface area (Å²) in [6, 6.07) is 18.8. The Morgan fingerprint density at radius 2 is 1.59 bits per heavy atom. The van der Waals surface area contributed by atoms with Crippen LogP contribution < -0.4 is 14.6 Å². The van der Waals surface area contributed by atoms with Gasteiger partial charge in [0.25, 0.3) is 21.8 Å². The van der Waals surface area contributed by atoms with Crippen molar-refractivity contribution in [2.75, 3.05) is 18.1 Å². The molecule has 2 aromatic heterocycles. The second kappa shape index (κ2) is 13.6. The van der Waals surface area contributed by atoms with Crippen LogP contribution in [-0.2, 0) is 30.5 Å². The summed E-state index contributed by atoms with van der Waals surface area (Å²) in [6.45, 7) is 3.71. The van der Waals surface area contributed by atoms with E-state index in [2.05, 4.69) is 5.10 Å². The number of hydrogen-bond acceptors (Lipinski definition) is 11. The minimum Gasteiger partial charge on any atom is -0.458 e. The van der Waals surface area contributed by atoms with Crippen LogP contribution >= 0.6 is 0 Å². The predicted molar refractivity (Wildman–Crippen MR) is 179 cm³/mol. The molecule has 5 aromatic rings. The van der Waals surface area contributed by atoms with Crippen molar-refractivity contribution < 1.29 is 55.0 Å². The Morgan fingerprint density at radius 1 is 0.963 bits per heavy atom. The maximum atomic E-state index is 13.5. The Balaban J connectivity index is 0.871. The molecule has 3 aromatic carbocycles. The molecule has 1 fully saturated rings. The first kappa shape index (κ1) is 36.1. The zero-order valence-corrected chi connectivity index (χ0v) is 29.2. The molecular formula is C34H30F3N7O9S. The summed E-state index contributed by atoms with van der Waals surface area (Å²) < 4.78 is 79.9. The van der Waals surface area contributed by atoms with Crippen molar-refractivity contribution in [3.63, 3.8) is 0 Å². The zero-order valence-electron chi connectivity index (χ0n) is 28.4. The van der Waals surface area contributed by atoms with Gasteiger partial charge in [-0.1, -0.05) is 42.0 Å². The molecule has 0 radical (unpaired) electrons. The summed E-state index contributed by atoms with van der Waals surface area (Å²) in [6.07, 6.45) is -7.23. The number of aromatic nitrogens is 4. The van der Waals surface area contributed by atoms with Crippen molar-refractivity contribution in [3.05, 3.63) is 101 Å². The lowest BCUT2D eigenvalue weighted by Crippen LogP contribution is -2.57. The number of amides is 3. The average Bonchev–Trinajstić information content (AvgIpc) is 3.59. The van der Waals surface area contributed by atoms with Crippen molar-refractivity contribution in [2.24, 2.45) is 0 Å². The fraction of sp³-hybridized carbons (Fsp3) is 0.265. The van der Waals surface area contributed by atoms with Crippen LogP contribution in [0.5, 0.6) is 0 Å². The molecule has 1 saturated heterocycles. The zero-order chi connectivity index (χ0) is 38.5. The van der Waals surface area contributed by atoms with E-state index in [-0.39, 0.29) is 40.5 Å². The third kappa shape index (κ3) is 7.19. The molecule has 0 saturated carbocycles. The SMILES string of the molecule is Cc1ccc(-c2cc(C(F)(F)F)nn2-c2ccc(S(=O)(=O)NC(=O)CCC(=O)OC3CN(n4on4OC(C)N4C(=O)c5ccccc5C4=O)C3)cc2)cc1. The number of imide groups is 1. The van der Waals surface area contributed by atoms with Gasteiger partial charge in [-0.25, -0.2) is 22.7 Å². The number of sulfonamides is 1. The van der Waals surface area contributed by atoms with Crippen LogP contribution in [0.15, 0.2) is 88.4 Å². The van der Waals surface area contributed by atoms with Crippen LogP contribution in [0.3, 0.4) is 0 Å². The number of nitrogens with one attached hydrogen (secondary N) is 1. The van der Waals surface area contributed by atoms with E-state index in [0.29, 0.717) is 5.56 Å². The van der Waals surface area contributed by atoms with E-state index >= 15 is 0 Å². The molecule has 16 nitrogen and oxygen atoms in total. The summed E-state index contributed by atoms with van der Waals surface area (Å²) in [7, 11) is -4.40. The van der Waals surface area contributed by atoms with Crippen molar-refractivity contribution >= 4 is 33.7 Å². The molecule has 1 atom stereocenters. The fourth-order valence-electron chi connectivity index (χ4n) is 5.74. The smallest absolute Gasteiger partial charge is 0.435 e. The van der Waals surface area contributed by atoms with Gasteiger partial charge in [-0.2, -0.15) is 22.9 Å². The van der Waals surface area contributed by atoms with Crippen molar-refractivity contribution in [1.82, 2.24) is 29.4 Å². The number of hydrogen-bond donors (Lipinski definition) is 1. The normalized spacial score (nSPS) is 15.3. The van der Waals surface area contributed by atoms with Crippen molar-refractivity contribution in [2.45, 2.75) is 50.1 Å². The van der Waals surface area contributed by atoms with E-state index in [4.69, 9.17) is 14.2 Å². The topological polar surface area (TPSA) is 180 Å². The molecule has 1 N–H and O–H groups in total. The highest BCUT2D eigenvalue weighted by molar-refractivity contribution is 7.90. The Kier molecular flexibility index (Phi) is 9.08. The maximum absolute atomic E-state index is 13.5. The largest absolute Gasteiger partial charge is 0.458 e. The van der Waals surface area contributed by atoms with E-state index < -0.39 is 70.8 Å². The lowest BCUT2D eigenvalue weighted by Gasteiger charge is -2.34. The Labute approximate surface area is 304 Å². The number of carbonyl (C=O) groups is 4. The van der Waals surface area contributed by atoms with Gasteiger partial charge in [-0.3, -0.25) is 24.2 Å². The number of rotatable bonds is 12. The molecule has 2 aliphatic rings. The molecule has 0 aliphatic carbocycles. The van der Waals surface area contributed by atoms with Crippen LogP contribution in [0.25, 0.3) is 16.9 Å². The minimum atomic E-state index is -4.72. The van der Waals surface area contributed by atoms with E-state index in [9.17, 15) is 40.8 Å². The molecule has 0 bridgehead atoms. The summed E-state index contributed by atoms with van der Waals surface area (Å²) >= 11 is 0. The number of halogens is 3. The van der Waals surface area contributed by atoms with Crippen molar-refractivity contribution in [3.8, 4) is 16.9 Å². The monoisotopic (exact) mass is 769 g/mol. The first-order chi connectivity index (χ1) is 25.6. The Hall–Kier alpha value is -6.31. The molecule has 20 heteroatoms. The highest BCUT2D eigenvalue weighted by atomic mass is 32.2. The molecule has 7 rings (SSSR count). The van der Waals surface area contributed by atoms with Gasteiger partial charge in [-0.15, -0.1) is 0 Å². The van der Waals surface area contributed by atoms with Crippen LogP contribution in [0.2, 0.25) is 0 Å². The summed E-state index contributed by atoms with van der Waals surface area (Å²) in [4.78, 5) is 57.5. The molecule has 1 unspecified atom stereocenters. The highest BCUT2D eigenvalue weighted by Crippen LogP contribution is 2.33. The van der Waals surface area contributed by atoms with Crippen LogP contribution in [0.4, 0.5) is 13.2 Å². The quantitative estimate of drug-likeness (QED) is 0.145. The van der Waals surface area contributed by atoms with Gasteiger partial charge in [0.2, 0.25) is 12.1 Å². The van der Waals surface area contributed by atoms with E-state index in [1.807, 2.05) is 11.6 Å². The first-order valence-corrected chi connectivity index (χ1v) is 17.8. The Bertz CT molecular complexity index is 2320. The average molecular weight is 770 g/mol. The highest BCUT2D eigenvalue weighted by Gasteiger charge is 2.42. The number of nitrogens with zero attached hydrogens (tertiary/aromatic N) is 6. The maximum Gasteiger partial charge on any atom is 0.435 e. The van der Waals surface area contributed by atoms with E-state index in [1.54, 1.807) is 53.5 Å². The lowest BCUT2D eigenvalue weighted by molar-refractivity contribution is -0.152. The van der Waals surface area contributed by atoms with Gasteiger partial charge in [0.05, 0.1) is 51.9 Å². The number of esters is 1. The summed E-state index contributed by atoms with van der Waals surface area (Å²) in [5.41, 5.74) is 1.05. The van der Waals surface area contributed by atoms with Crippen LogP contribution in [-0.4, -0.2) is 82.2 Å². The molecule has 54 heavy (non-hydrogen) atoms. The van der Waals surface area contributed by atoms with Gasteiger partial charge < -0.3 is 9.57 Å². The first-order valence-electron chi connectivity index (χ1n) is 16.4. The number of fused-ring (bicyclic) bond motifs is 1. The third-order valence-corrected chi connectivity index (χ3v) is 9.99. The third-order valence-electron chi connectivity index (χ3n) is 8.60. The van der Waals surface area contributed by atoms with E-state index in [1.165, 1.54) is 24.0 Å². The summed E-state index contributed by atoms with van der Waals surface area (Å²) in [5.74, 6) is -2.73. The standard InChI is InChI=1S/C34H30F3N7O9S/c1-20-7-9-22(10-8-20)28-17-29(34(35,36)37)38-42(28)23-11-13-25(14-12-23)54(49,50)39-30(45)15-16-31(46)51-24-18-40(19-24)43-44(53-43)52-21(2)41-32(47)26-5-3-4-6-27(26)33(41)48/h3-14,17,21,24H,15-16,18-19H2,1-2H3,(H,39,45). The predicted octanol–water partition coefficient (Wildman–Crippen LogP) is 3.28. The molecule has 282 valence electrons. The minimum absolute atomic E-state index is 0.133. The Morgan fingerprint density at radius 3 is 2.20 bits per heavy atom. The van der Waals surface area contributed by atoms with Gasteiger partial charge >= 0.3 is 12.1 Å². The second-order valence-electron chi connectivity index (χ2n) is 12.5. The van der Waals surface area contributed by atoms with Crippen LogP contribution in [0.1, 0.15) is 51.7 Å². The molecule has 2 aliphatic heterocycles. The van der Waals surface area contributed by atoms with Gasteiger partial charge in [-0.05, 0) is 56.3 Å². The molecule has 3 amide bonds. The molecular weight excluding hydrogens is 739 g/mol. The molecule has 4 heterocycles. The fourth-order valence-corrected chi connectivity index (χ4v) is 6.75. The molecule has 0 spiro atoms. The lowest BCUT2D eigenvalue weighted by atomic mass is 10.1. The summed E-state index contributed by atoms with van der Waals surface area (Å²) in [5, 5.41) is 6.24. The number of aryl methyl sites for hydroxylation is 1. The van der Waals surface area contributed by atoms with Gasteiger partial charge in [0.15, 0.2) is 5.69 Å². The van der Waals surface area contributed by atoms with E-state index in [0.717, 1.165) is 38.4 Å². The van der Waals surface area contributed by atoms with Gasteiger partial charge in [0.1, 0.15) is 11.1 Å². The second-order valence-corrected chi connectivity index (χ2v) is 14.2. The van der Waals surface area contributed by atoms with Gasteiger partial charge in [0, 0.05) is 12.0 Å². The number of ether oxygens (including phenoxy) is 1. The van der Waals surface area contributed by atoms with Crippen molar-refractivity contribution in [1.29, 1.82) is 0 Å². The number of benzene rings is 3. The van der Waals surface area contributed by atoms with Crippen LogP contribution in [0, 0.1) is 6.92 Å². The number of carbonyl (C=O) groups excluding carboxylic acids is 4. The number of alkyl halides is 3.